The van der Waals surface area contributed by atoms with E-state index in [0.29, 0.717) is 12.8 Å². The SMILES string of the molecule is CC/C=C\C/C=C\C/C=C\C/C=C\C/C=C\CCCCCCCCCCCCCCCCCCCCCCCCCC(=O)OC(COC(=O)CCC/C=C\C/C=C\C/C=C\C/C=C\C/C=C\CC)COP(=O)(O)OCCN. The van der Waals surface area contributed by atoms with Crippen molar-refractivity contribution in [1.29, 1.82) is 0 Å². The summed E-state index contributed by atoms with van der Waals surface area (Å²) in [5.41, 5.74) is 5.38. The van der Waals surface area contributed by atoms with E-state index in [2.05, 4.69) is 129 Å². The van der Waals surface area contributed by atoms with Gasteiger partial charge < -0.3 is 20.1 Å². The predicted molar refractivity (Wildman–Crippen MR) is 330 cm³/mol. The van der Waals surface area contributed by atoms with Gasteiger partial charge in [0.05, 0.1) is 13.2 Å². The molecule has 0 aliphatic heterocycles. The molecule has 0 aromatic carbocycles. The molecule has 2 unspecified atom stereocenters. The van der Waals surface area contributed by atoms with Gasteiger partial charge in [0.25, 0.3) is 0 Å². The monoisotopic (exact) mass is 1090 g/mol. The highest BCUT2D eigenvalue weighted by Gasteiger charge is 2.26. The minimum atomic E-state index is -4.41. The number of allylic oxidation sites excluding steroid dienone is 20. The third kappa shape index (κ3) is 61.5. The molecule has 9 nitrogen and oxygen atoms in total. The Balaban J connectivity index is 3.86. The first-order chi connectivity index (χ1) is 37.8. The number of rotatable bonds is 57. The Labute approximate surface area is 472 Å². The zero-order valence-electron chi connectivity index (χ0n) is 49.2. The van der Waals surface area contributed by atoms with Crippen molar-refractivity contribution < 1.29 is 37.6 Å². The number of ether oxygens (including phenoxy) is 2. The molecule has 3 N–H and O–H groups in total. The van der Waals surface area contributed by atoms with E-state index in [1.165, 1.54) is 128 Å². The minimum Gasteiger partial charge on any atom is -0.462 e. The Kier molecular flexibility index (Phi) is 58.7. The average molecular weight is 1090 g/mol. The van der Waals surface area contributed by atoms with Gasteiger partial charge in [-0.05, 0) is 96.3 Å². The lowest BCUT2D eigenvalue weighted by atomic mass is 10.0. The quantitative estimate of drug-likeness (QED) is 0.0264. The lowest BCUT2D eigenvalue weighted by Crippen LogP contribution is -2.29. The molecule has 0 rings (SSSR count). The molecule has 440 valence electrons. The van der Waals surface area contributed by atoms with Gasteiger partial charge >= 0.3 is 19.8 Å². The molecule has 0 fully saturated rings. The fourth-order valence-corrected chi connectivity index (χ4v) is 9.11. The molecule has 0 amide bonds. The third-order valence-corrected chi connectivity index (χ3v) is 13.8. The molecule has 0 aromatic heterocycles. The lowest BCUT2D eigenvalue weighted by molar-refractivity contribution is -0.161. The fraction of sp³-hybridized carbons (Fsp3) is 0.672. The van der Waals surface area contributed by atoms with Gasteiger partial charge in [0.1, 0.15) is 6.61 Å². The molecule has 0 radical (unpaired) electrons. The van der Waals surface area contributed by atoms with Crippen molar-refractivity contribution in [1.82, 2.24) is 0 Å². The molecule has 0 spiro atoms. The first-order valence-corrected chi connectivity index (χ1v) is 32.5. The number of nitrogens with two attached hydrogens (primary N) is 1. The summed E-state index contributed by atoms with van der Waals surface area (Å²) in [7, 11) is -4.41. The second kappa shape index (κ2) is 61.6. The fourth-order valence-electron chi connectivity index (χ4n) is 8.35. The number of hydrogen-bond donors (Lipinski definition) is 2. The third-order valence-electron chi connectivity index (χ3n) is 12.8. The van der Waals surface area contributed by atoms with Crippen LogP contribution >= 0.6 is 7.82 Å². The van der Waals surface area contributed by atoms with Crippen LogP contribution < -0.4 is 5.73 Å². The van der Waals surface area contributed by atoms with Crippen molar-refractivity contribution in [3.8, 4) is 0 Å². The summed E-state index contributed by atoms with van der Waals surface area (Å²) in [6.45, 7) is 3.45. The van der Waals surface area contributed by atoms with Gasteiger partial charge in [-0.3, -0.25) is 18.6 Å². The van der Waals surface area contributed by atoms with Crippen LogP contribution in [0, 0.1) is 0 Å². The lowest BCUT2D eigenvalue weighted by Gasteiger charge is -2.19. The molecular formula is C67H114NO8P. The van der Waals surface area contributed by atoms with E-state index in [4.69, 9.17) is 24.3 Å². The highest BCUT2D eigenvalue weighted by Crippen LogP contribution is 2.43. The first kappa shape index (κ1) is 73.4. The standard InChI is InChI=1S/C67H114NO8P/c1-3-5-7-9-11-13-15-17-19-21-22-23-24-25-26-27-28-29-30-31-32-33-34-35-36-37-38-39-40-41-42-44-46-48-50-52-54-56-58-60-67(70)76-65(64-75-77(71,72)74-62-61-68)63-73-66(69)59-57-55-53-51-49-47-45-43-20-18-16-14-12-10-8-6-4-2/h5-8,11-14,17-20,22-23,25-26,45,47,51,53,65H,3-4,9-10,15-16,21,24,27-44,46,48-50,52,54-64,68H2,1-2H3,(H,71,72)/b7-5-,8-6-,13-11-,14-12-,19-17-,20-18-,23-22-,26-25-,47-45-,53-51-. The second-order valence-electron chi connectivity index (χ2n) is 20.2. The van der Waals surface area contributed by atoms with Gasteiger partial charge in [0.2, 0.25) is 0 Å². The summed E-state index contributed by atoms with van der Waals surface area (Å²) in [5.74, 6) is -0.895. The molecule has 0 bridgehead atoms. The number of phosphoric acid groups is 1. The van der Waals surface area contributed by atoms with Gasteiger partial charge in [0.15, 0.2) is 6.10 Å². The molecule has 0 aliphatic rings. The van der Waals surface area contributed by atoms with Crippen LogP contribution in [0.15, 0.2) is 122 Å². The number of esters is 2. The van der Waals surface area contributed by atoms with Crippen LogP contribution in [0.4, 0.5) is 0 Å². The largest absolute Gasteiger partial charge is 0.472 e. The first-order valence-electron chi connectivity index (χ1n) is 31.0. The summed E-state index contributed by atoms with van der Waals surface area (Å²) < 4.78 is 33.0. The van der Waals surface area contributed by atoms with E-state index < -0.39 is 32.5 Å². The van der Waals surface area contributed by atoms with E-state index >= 15 is 0 Å². The van der Waals surface area contributed by atoms with Crippen LogP contribution in [0.5, 0.6) is 0 Å². The molecule has 0 saturated carbocycles. The molecule has 0 saturated heterocycles. The van der Waals surface area contributed by atoms with E-state index in [0.717, 1.165) is 89.9 Å². The van der Waals surface area contributed by atoms with Crippen LogP contribution in [0.3, 0.4) is 0 Å². The average Bonchev–Trinajstić information content (AvgIpc) is 3.42. The van der Waals surface area contributed by atoms with Crippen molar-refractivity contribution in [3.05, 3.63) is 122 Å². The van der Waals surface area contributed by atoms with Crippen molar-refractivity contribution in [2.45, 2.75) is 264 Å². The maximum atomic E-state index is 12.7. The summed E-state index contributed by atoms with van der Waals surface area (Å²) in [4.78, 5) is 35.1. The van der Waals surface area contributed by atoms with Crippen LogP contribution in [0.25, 0.3) is 0 Å². The van der Waals surface area contributed by atoms with E-state index in [1.807, 2.05) is 6.08 Å². The minimum absolute atomic E-state index is 0.0420. The number of unbranched alkanes of at least 4 members (excludes halogenated alkanes) is 24. The molecule has 0 aliphatic carbocycles. The Morgan fingerprint density at radius 3 is 1.04 bits per heavy atom. The highest BCUT2D eigenvalue weighted by atomic mass is 31.2. The number of carbonyl (C=O) groups is 2. The number of hydrogen-bond acceptors (Lipinski definition) is 8. The van der Waals surface area contributed by atoms with Crippen molar-refractivity contribution in [2.75, 3.05) is 26.4 Å². The maximum Gasteiger partial charge on any atom is 0.472 e. The van der Waals surface area contributed by atoms with Gasteiger partial charge in [-0.15, -0.1) is 0 Å². The van der Waals surface area contributed by atoms with Gasteiger partial charge in [-0.1, -0.05) is 270 Å². The Morgan fingerprint density at radius 1 is 0.390 bits per heavy atom. The highest BCUT2D eigenvalue weighted by molar-refractivity contribution is 7.47. The molecule has 0 aromatic rings. The second-order valence-corrected chi connectivity index (χ2v) is 21.6. The van der Waals surface area contributed by atoms with Crippen molar-refractivity contribution in [3.63, 3.8) is 0 Å². The van der Waals surface area contributed by atoms with Gasteiger partial charge in [0, 0.05) is 19.4 Å². The van der Waals surface area contributed by atoms with Crippen LogP contribution in [-0.2, 0) is 32.7 Å². The van der Waals surface area contributed by atoms with E-state index in [-0.39, 0.29) is 32.6 Å². The maximum absolute atomic E-state index is 12.7. The Hall–Kier alpha value is -3.59. The zero-order chi connectivity index (χ0) is 55.9. The summed E-state index contributed by atoms with van der Waals surface area (Å²) in [5, 5.41) is 0. The molecular weight excluding hydrogens is 978 g/mol. The smallest absolute Gasteiger partial charge is 0.462 e. The van der Waals surface area contributed by atoms with Crippen molar-refractivity contribution in [2.24, 2.45) is 5.73 Å². The van der Waals surface area contributed by atoms with E-state index in [9.17, 15) is 19.0 Å². The molecule has 2 atom stereocenters. The predicted octanol–water partition coefficient (Wildman–Crippen LogP) is 20.0. The summed E-state index contributed by atoms with van der Waals surface area (Å²) >= 11 is 0. The van der Waals surface area contributed by atoms with E-state index in [1.54, 1.807) is 0 Å². The molecule has 77 heavy (non-hydrogen) atoms. The zero-order valence-corrected chi connectivity index (χ0v) is 50.0. The normalized spacial score (nSPS) is 13.9. The molecule has 0 heterocycles. The summed E-state index contributed by atoms with van der Waals surface area (Å²) in [6, 6.07) is 0. The van der Waals surface area contributed by atoms with Gasteiger partial charge in [-0.2, -0.15) is 0 Å². The Morgan fingerprint density at radius 2 is 0.688 bits per heavy atom. The van der Waals surface area contributed by atoms with Crippen LogP contribution in [0.1, 0.15) is 258 Å². The molecule has 10 heteroatoms. The number of carbonyl (C=O) groups excluding carboxylic acids is 2. The Bertz CT molecular complexity index is 1670. The van der Waals surface area contributed by atoms with Crippen LogP contribution in [0.2, 0.25) is 0 Å². The topological polar surface area (TPSA) is 134 Å². The summed E-state index contributed by atoms with van der Waals surface area (Å²) in [6.07, 6.45) is 85.8. The van der Waals surface area contributed by atoms with Crippen LogP contribution in [-0.4, -0.2) is 49.3 Å². The van der Waals surface area contributed by atoms with Gasteiger partial charge in [-0.25, -0.2) is 4.57 Å². The van der Waals surface area contributed by atoms with Crippen molar-refractivity contribution >= 4 is 19.8 Å². The number of phosphoric ester groups is 1.